The molecular formula is C15H24N4O2. The molecule has 6 heteroatoms. The van der Waals surface area contributed by atoms with Crippen molar-refractivity contribution in [2.45, 2.75) is 20.4 Å². The number of carbonyl (C=O) groups is 2. The number of nitrogens with zero attached hydrogens (tertiary/aromatic N) is 1. The number of hydrogen-bond donors (Lipinski definition) is 3. The summed E-state index contributed by atoms with van der Waals surface area (Å²) in [4.78, 5) is 25.1. The van der Waals surface area contributed by atoms with E-state index in [2.05, 4.69) is 24.6 Å². The third-order valence-electron chi connectivity index (χ3n) is 2.89. The molecule has 0 aliphatic heterocycles. The lowest BCUT2D eigenvalue weighted by Gasteiger charge is -2.17. The summed E-state index contributed by atoms with van der Waals surface area (Å²) in [6, 6.07) is 7.17. The van der Waals surface area contributed by atoms with Crippen LogP contribution in [0, 0.1) is 5.92 Å². The number of hydrogen-bond acceptors (Lipinski definition) is 4. The third kappa shape index (κ3) is 6.37. The molecule has 0 radical (unpaired) electrons. The van der Waals surface area contributed by atoms with Gasteiger partial charge in [0.15, 0.2) is 0 Å². The van der Waals surface area contributed by atoms with Crippen molar-refractivity contribution >= 4 is 11.8 Å². The summed E-state index contributed by atoms with van der Waals surface area (Å²) < 4.78 is 0. The average molecular weight is 292 g/mol. The minimum Gasteiger partial charge on any atom is -0.355 e. The molecule has 1 rings (SSSR count). The zero-order chi connectivity index (χ0) is 15.8. The molecule has 0 aliphatic carbocycles. The van der Waals surface area contributed by atoms with E-state index in [1.54, 1.807) is 18.2 Å². The number of nitrogens with one attached hydrogen (secondary N) is 2. The van der Waals surface area contributed by atoms with Crippen LogP contribution in [0.5, 0.6) is 0 Å². The van der Waals surface area contributed by atoms with Gasteiger partial charge in [-0.1, -0.05) is 26.0 Å². The molecule has 0 unspecified atom stereocenters. The molecule has 4 N–H and O–H groups in total. The Hall–Kier alpha value is -1.92. The maximum absolute atomic E-state index is 11.7. The summed E-state index contributed by atoms with van der Waals surface area (Å²) in [5.41, 5.74) is 3.57. The van der Waals surface area contributed by atoms with E-state index in [1.165, 1.54) is 0 Å². The van der Waals surface area contributed by atoms with Crippen LogP contribution < -0.4 is 16.6 Å². The normalized spacial score (nSPS) is 10.8. The Morgan fingerprint density at radius 1 is 1.33 bits per heavy atom. The predicted octanol–water partition coefficient (Wildman–Crippen LogP) is 0.494. The van der Waals surface area contributed by atoms with Crippen LogP contribution in [0.2, 0.25) is 0 Å². The number of nitrogens with two attached hydrogens (primary N) is 1. The van der Waals surface area contributed by atoms with Gasteiger partial charge in [-0.3, -0.25) is 19.9 Å². The number of benzene rings is 1. The van der Waals surface area contributed by atoms with E-state index in [4.69, 9.17) is 5.84 Å². The van der Waals surface area contributed by atoms with Gasteiger partial charge in [-0.15, -0.1) is 0 Å². The molecule has 0 heterocycles. The molecule has 0 aromatic heterocycles. The number of nitrogen functional groups attached to an aromatic ring is 1. The maximum atomic E-state index is 11.7. The van der Waals surface area contributed by atoms with Gasteiger partial charge in [0.25, 0.3) is 5.91 Å². The second-order valence-corrected chi connectivity index (χ2v) is 5.54. The zero-order valence-electron chi connectivity index (χ0n) is 12.8. The Morgan fingerprint density at radius 3 is 2.67 bits per heavy atom. The van der Waals surface area contributed by atoms with Crippen LogP contribution >= 0.6 is 0 Å². The van der Waals surface area contributed by atoms with Gasteiger partial charge in [-0.05, 0) is 30.7 Å². The first-order valence-corrected chi connectivity index (χ1v) is 6.97. The zero-order valence-corrected chi connectivity index (χ0v) is 12.8. The van der Waals surface area contributed by atoms with Crippen molar-refractivity contribution in [2.24, 2.45) is 11.8 Å². The lowest BCUT2D eigenvalue weighted by Crippen LogP contribution is -2.36. The maximum Gasteiger partial charge on any atom is 0.265 e. The van der Waals surface area contributed by atoms with Crippen molar-refractivity contribution < 1.29 is 9.59 Å². The quantitative estimate of drug-likeness (QED) is 0.388. The third-order valence-corrected chi connectivity index (χ3v) is 2.89. The number of carbonyl (C=O) groups excluding carboxylic acids is 2. The highest BCUT2D eigenvalue weighted by Crippen LogP contribution is 2.07. The summed E-state index contributed by atoms with van der Waals surface area (Å²) in [5.74, 6) is 5.23. The molecular weight excluding hydrogens is 268 g/mol. The lowest BCUT2D eigenvalue weighted by atomic mass is 10.1. The van der Waals surface area contributed by atoms with Gasteiger partial charge in [0, 0.05) is 18.7 Å². The van der Waals surface area contributed by atoms with Gasteiger partial charge < -0.3 is 5.32 Å². The van der Waals surface area contributed by atoms with E-state index >= 15 is 0 Å². The highest BCUT2D eigenvalue weighted by Gasteiger charge is 2.09. The Bertz CT molecular complexity index is 488. The first-order valence-electron chi connectivity index (χ1n) is 6.97. The molecule has 1 aromatic rings. The van der Waals surface area contributed by atoms with Crippen LogP contribution in [0.25, 0.3) is 0 Å². The monoisotopic (exact) mass is 292 g/mol. The van der Waals surface area contributed by atoms with Crippen molar-refractivity contribution in [1.29, 1.82) is 0 Å². The van der Waals surface area contributed by atoms with Gasteiger partial charge >= 0.3 is 0 Å². The molecule has 1 aromatic carbocycles. The second kappa shape index (κ2) is 8.39. The SMILES string of the molecule is CC(C)CNC(=O)CN(C)Cc1cccc(C(=O)NN)c1. The van der Waals surface area contributed by atoms with Crippen molar-refractivity contribution in [3.8, 4) is 0 Å². The van der Waals surface area contributed by atoms with Crippen LogP contribution in [-0.4, -0.2) is 36.9 Å². The standard InChI is InChI=1S/C15H24N4O2/c1-11(2)8-17-14(20)10-19(3)9-12-5-4-6-13(7-12)15(21)18-16/h4-7,11H,8-10,16H2,1-3H3,(H,17,20)(H,18,21). The van der Waals surface area contributed by atoms with Gasteiger partial charge in [-0.2, -0.15) is 0 Å². The molecule has 2 amide bonds. The number of rotatable bonds is 7. The Balaban J connectivity index is 2.52. The predicted molar refractivity (Wildman–Crippen MR) is 82.3 cm³/mol. The molecule has 0 aliphatic rings. The number of hydrazine groups is 1. The van der Waals surface area contributed by atoms with Gasteiger partial charge in [0.1, 0.15) is 0 Å². The molecule has 116 valence electrons. The fourth-order valence-electron chi connectivity index (χ4n) is 1.88. The van der Waals surface area contributed by atoms with Gasteiger partial charge in [0.05, 0.1) is 6.54 Å². The smallest absolute Gasteiger partial charge is 0.265 e. The molecule has 0 bridgehead atoms. The van der Waals surface area contributed by atoms with E-state index in [9.17, 15) is 9.59 Å². The minimum absolute atomic E-state index is 0.00190. The van der Waals surface area contributed by atoms with E-state index in [0.29, 0.717) is 31.1 Å². The Kier molecular flexibility index (Phi) is 6.84. The molecule has 0 saturated carbocycles. The summed E-state index contributed by atoms with van der Waals surface area (Å²) in [7, 11) is 1.87. The topological polar surface area (TPSA) is 87.5 Å². The average Bonchev–Trinajstić information content (AvgIpc) is 2.44. The van der Waals surface area contributed by atoms with Gasteiger partial charge in [0.2, 0.25) is 5.91 Å². The number of likely N-dealkylation sites (N-methyl/N-ethyl adjacent to an activating group) is 1. The first-order chi connectivity index (χ1) is 9.92. The fraction of sp³-hybridized carbons (Fsp3) is 0.467. The molecule has 0 spiro atoms. The van der Waals surface area contributed by atoms with Crippen LogP contribution in [0.15, 0.2) is 24.3 Å². The van der Waals surface area contributed by atoms with Crippen molar-refractivity contribution in [2.75, 3.05) is 20.1 Å². The highest BCUT2D eigenvalue weighted by atomic mass is 16.2. The van der Waals surface area contributed by atoms with Crippen LogP contribution in [0.4, 0.5) is 0 Å². The molecule has 0 saturated heterocycles. The Labute approximate surface area is 125 Å². The van der Waals surface area contributed by atoms with E-state index in [-0.39, 0.29) is 11.8 Å². The van der Waals surface area contributed by atoms with Crippen molar-refractivity contribution in [1.82, 2.24) is 15.6 Å². The van der Waals surface area contributed by atoms with Crippen LogP contribution in [-0.2, 0) is 11.3 Å². The summed E-state index contributed by atoms with van der Waals surface area (Å²) in [6.07, 6.45) is 0. The fourth-order valence-corrected chi connectivity index (χ4v) is 1.88. The van der Waals surface area contributed by atoms with Crippen molar-refractivity contribution in [3.05, 3.63) is 35.4 Å². The second-order valence-electron chi connectivity index (χ2n) is 5.54. The molecule has 0 atom stereocenters. The minimum atomic E-state index is -0.325. The summed E-state index contributed by atoms with van der Waals surface area (Å²) in [6.45, 7) is 5.69. The summed E-state index contributed by atoms with van der Waals surface area (Å²) in [5, 5.41) is 2.88. The number of amides is 2. The van der Waals surface area contributed by atoms with Gasteiger partial charge in [-0.25, -0.2) is 5.84 Å². The molecule has 21 heavy (non-hydrogen) atoms. The first kappa shape index (κ1) is 17.1. The van der Waals surface area contributed by atoms with E-state index < -0.39 is 0 Å². The van der Waals surface area contributed by atoms with Crippen LogP contribution in [0.3, 0.4) is 0 Å². The van der Waals surface area contributed by atoms with E-state index in [1.807, 2.05) is 18.0 Å². The molecule has 6 nitrogen and oxygen atoms in total. The Morgan fingerprint density at radius 2 is 2.05 bits per heavy atom. The van der Waals surface area contributed by atoms with E-state index in [0.717, 1.165) is 5.56 Å². The van der Waals surface area contributed by atoms with Crippen LogP contribution in [0.1, 0.15) is 29.8 Å². The summed E-state index contributed by atoms with van der Waals surface area (Å²) >= 11 is 0. The lowest BCUT2D eigenvalue weighted by molar-refractivity contribution is -0.122. The highest BCUT2D eigenvalue weighted by molar-refractivity contribution is 5.93. The molecule has 0 fully saturated rings. The van der Waals surface area contributed by atoms with Crippen molar-refractivity contribution in [3.63, 3.8) is 0 Å². The largest absolute Gasteiger partial charge is 0.355 e.